The van der Waals surface area contributed by atoms with Gasteiger partial charge >= 0.3 is 0 Å². The van der Waals surface area contributed by atoms with E-state index in [2.05, 4.69) is 76.8 Å². The summed E-state index contributed by atoms with van der Waals surface area (Å²) in [5, 5.41) is 124. The van der Waals surface area contributed by atoms with Crippen LogP contribution in [0.4, 0.5) is 30.6 Å². The van der Waals surface area contributed by atoms with Gasteiger partial charge < -0.3 is 76.1 Å². The van der Waals surface area contributed by atoms with Gasteiger partial charge in [-0.25, -0.2) is 57.1 Å². The summed E-state index contributed by atoms with van der Waals surface area (Å²) < 4.78 is 292. The maximum absolute atomic E-state index is 14.5. The van der Waals surface area contributed by atoms with Crippen LogP contribution in [0.2, 0.25) is 0 Å². The molecule has 18 atom stereocenters. The van der Waals surface area contributed by atoms with Crippen molar-refractivity contribution in [2.75, 3.05) is 72.6 Å². The smallest absolute Gasteiger partial charge is 0.191 e. The van der Waals surface area contributed by atoms with Crippen molar-refractivity contribution in [1.82, 2.24) is 74.9 Å². The second-order valence-corrected chi connectivity index (χ2v) is 27.5. The first kappa shape index (κ1) is 50.7. The minimum Gasteiger partial charge on any atom is -0.394 e. The third-order valence-electron chi connectivity index (χ3n) is 17.7. The van der Waals surface area contributed by atoms with Gasteiger partial charge in [-0.1, -0.05) is 108 Å². The number of aryl methyl sites for hydroxylation is 3. The second-order valence-electron chi connectivity index (χ2n) is 24.9. The minimum absolute atomic E-state index is 0.0392. The number of aromatic nitrogens is 15. The van der Waals surface area contributed by atoms with Crippen molar-refractivity contribution in [3.05, 3.63) is 105 Å². The summed E-state index contributed by atoms with van der Waals surface area (Å²) in [5.74, 6) is -6.66. The number of nitrogens with zero attached hydrogens (tertiary/aromatic N) is 15. The molecule has 6 fully saturated rings. The fraction of sp³-hybridized carbons (Fsp3) is 0.583. The Morgan fingerprint density at radius 1 is 0.537 bits per heavy atom. The topological polar surface area (TPSA) is 415 Å². The summed E-state index contributed by atoms with van der Waals surface area (Å²) in [5.41, 5.74) is -5.21. The Bertz CT molecular complexity index is 6060. The molecule has 0 spiro atoms. The van der Waals surface area contributed by atoms with Crippen LogP contribution in [0.5, 0.6) is 0 Å². The number of rotatable bonds is 30. The first-order chi connectivity index (χ1) is 62.3. The highest BCUT2D eigenvalue weighted by Gasteiger charge is 2.49. The zero-order valence-electron chi connectivity index (χ0n) is 85.9. The van der Waals surface area contributed by atoms with Gasteiger partial charge in [0.1, 0.15) is 54.0 Å². The fourth-order valence-corrected chi connectivity index (χ4v) is 13.5. The number of anilines is 3. The molecule has 0 aliphatic heterocycles. The van der Waals surface area contributed by atoms with Crippen molar-refractivity contribution >= 4 is 86.2 Å². The molecule has 6 saturated carbocycles. The minimum atomic E-state index is -3.76. The van der Waals surface area contributed by atoms with Gasteiger partial charge in [-0.05, 0) is 111 Å². The molecule has 6 aliphatic carbocycles. The second kappa shape index (κ2) is 35.1. The lowest BCUT2D eigenvalue weighted by atomic mass is 10.1. The van der Waals surface area contributed by atoms with E-state index in [1.54, 1.807) is 13.0 Å². The molecular formula is C72H93F3N18O12S3. The summed E-state index contributed by atoms with van der Waals surface area (Å²) in [7, 11) is 0. The van der Waals surface area contributed by atoms with Crippen LogP contribution in [-0.4, -0.2) is 250 Å². The predicted octanol–water partition coefficient (Wildman–Crippen LogP) is 6.55. The first-order valence-corrected chi connectivity index (χ1v) is 36.1. The lowest BCUT2D eigenvalue weighted by Crippen LogP contribution is -2.33. The van der Waals surface area contributed by atoms with Gasteiger partial charge in [-0.15, -0.1) is 15.3 Å². The van der Waals surface area contributed by atoms with Gasteiger partial charge in [0, 0.05) is 94.1 Å². The molecule has 0 amide bonds. The van der Waals surface area contributed by atoms with Gasteiger partial charge in [-0.2, -0.15) is 0 Å². The molecular weight excluding hydrogens is 1460 g/mol. The van der Waals surface area contributed by atoms with E-state index < -0.39 is 220 Å². The number of aliphatic hydroxyl groups is 9. The molecule has 0 bridgehead atoms. The Morgan fingerprint density at radius 3 is 1.45 bits per heavy atom. The number of benzene rings is 3. The highest BCUT2D eigenvalue weighted by Crippen LogP contribution is 2.48. The van der Waals surface area contributed by atoms with E-state index in [1.165, 1.54) is 55.9 Å². The van der Waals surface area contributed by atoms with E-state index in [9.17, 15) is 59.1 Å². The SMILES string of the molecule is [2H]C([2H])(C)C([2H])([2H])Sc1nc(N[C@]2([2H])C([2H])([2H])[C@@]2([2H])c2ccc(C)c(F)c2)c2nnn([C@@H]3C[C@H](OC([2H])([2H])C([2H])([2H])O)[C@@H](O)[C@H]3O)c2n1.[2H]C([2H])(CO)O[C@H]1C[C@@H](n2nnc3c(N[C@]4([2H])C([2H])([2H])[C@@]4([2H])c4ccc(C)c(F)c4)nc(SC([2H])([2H])C([2H])([2H])C)nc32)[C@H](O)[C@@H]1O.[2H]C1([2H])[C@]([2H])(OCCO)[C@@]([2H])(O)[C@@]([2H])(O)[C@]1([2H])n1nnc2c(N[C@@H]3C[C@H]3c3ccc(C)c(F)c3)nc(SCCC)nc21. The van der Waals surface area contributed by atoms with Crippen molar-refractivity contribution in [3.63, 3.8) is 0 Å². The number of hydrogen-bond donors (Lipinski definition) is 12. The standard InChI is InChI=1S/3C24H31FN6O4S/c3*1-3-8-36-24-27-22(26-16-10-14(16)13-5-4-12(2)15(25)9-13)19-23(28-24)31(30-29-19)17-11-18(35-7-6-32)21(34)20(17)33/h3*4-5,9,14,16-18,20-21,32-34H,3,6-8,10-11H2,1-2H3,(H,26,27,28)/t3*14-,16+,17+,18-,20-,21+/m000/s1/i3D2,6D2,7D2,8D2,10D2,14D,16D;3D2,7D2,8D2,10D2,14D,16D;11D2,17D,18D,20D,21D. The van der Waals surface area contributed by atoms with E-state index in [1.807, 2.05) is 13.0 Å². The van der Waals surface area contributed by atoms with Crippen molar-refractivity contribution < 1.29 is 112 Å². The third kappa shape index (κ3) is 17.5. The molecule has 0 unspecified atom stereocenters. The van der Waals surface area contributed by atoms with Crippen LogP contribution in [0.3, 0.4) is 0 Å². The van der Waals surface area contributed by atoms with Gasteiger partial charge in [0.15, 0.2) is 66.4 Å². The van der Waals surface area contributed by atoms with Crippen molar-refractivity contribution in [2.24, 2.45) is 0 Å². The molecule has 108 heavy (non-hydrogen) atoms. The number of thioether (sulfide) groups is 3. The molecule has 0 radical (unpaired) electrons. The largest absolute Gasteiger partial charge is 0.394 e. The summed E-state index contributed by atoms with van der Waals surface area (Å²) in [4.78, 5) is 25.7. The Morgan fingerprint density at radius 2 is 0.991 bits per heavy atom. The normalized spacial score (nSPS) is 39.2. The zero-order chi connectivity index (χ0) is 101. The summed E-state index contributed by atoms with van der Waals surface area (Å²) >= 11 is 1.71. The third-order valence-corrected chi connectivity index (χ3v) is 20.1. The highest BCUT2D eigenvalue weighted by atomic mass is 32.2. The summed E-state index contributed by atoms with van der Waals surface area (Å²) in [6.45, 7) is -3.31. The number of nitrogens with one attached hydrogen (secondary N) is 3. The van der Waals surface area contributed by atoms with Crippen LogP contribution in [0.1, 0.15) is 186 Å². The number of aliphatic hydroxyl groups excluding tert-OH is 6. The summed E-state index contributed by atoms with van der Waals surface area (Å²) in [6, 6.07) is 1.13. The van der Waals surface area contributed by atoms with Crippen molar-refractivity contribution in [2.45, 2.75) is 223 Å². The number of hydrogen-bond acceptors (Lipinski definition) is 30. The first-order valence-electron chi connectivity index (χ1n) is 47.4. The quantitative estimate of drug-likeness (QED) is 0.0168. The molecule has 30 nitrogen and oxygen atoms in total. The molecule has 0 saturated heterocycles. The molecule has 3 aromatic carbocycles. The molecule has 9 aromatic rings. The predicted molar refractivity (Wildman–Crippen MR) is 398 cm³/mol. The van der Waals surface area contributed by atoms with Gasteiger partial charge in [-0.3, -0.25) is 0 Å². The highest BCUT2D eigenvalue weighted by molar-refractivity contribution is 7.99. The number of halogens is 3. The fourth-order valence-electron chi connectivity index (χ4n) is 11.9. The Balaban J connectivity index is 0.000000173. The van der Waals surface area contributed by atoms with Gasteiger partial charge in [0.25, 0.3) is 0 Å². The van der Waals surface area contributed by atoms with Crippen molar-refractivity contribution in [1.29, 1.82) is 0 Å². The molecule has 12 N–H and O–H groups in total. The van der Waals surface area contributed by atoms with Crippen LogP contribution in [0, 0.1) is 38.2 Å². The van der Waals surface area contributed by atoms with E-state index in [-0.39, 0.29) is 114 Å². The Labute approximate surface area is 672 Å². The molecule has 6 aromatic heterocycles. The maximum atomic E-state index is 14.5. The Hall–Kier alpha value is -7.14. The van der Waals surface area contributed by atoms with Crippen LogP contribution >= 0.6 is 35.3 Å². The van der Waals surface area contributed by atoms with Crippen LogP contribution < -0.4 is 16.0 Å². The number of ether oxygens (including phenoxy) is 3. The van der Waals surface area contributed by atoms with Crippen LogP contribution in [0.15, 0.2) is 70.1 Å². The molecule has 582 valence electrons. The molecule has 15 rings (SSSR count). The average Bonchev–Trinajstić information content (AvgIpc) is 1.50. The lowest BCUT2D eigenvalue weighted by molar-refractivity contribution is -0.0629. The number of fused-ring (bicyclic) bond motifs is 3. The van der Waals surface area contributed by atoms with Crippen LogP contribution in [0.25, 0.3) is 33.5 Å². The monoisotopic (exact) mass is 1580 g/mol. The van der Waals surface area contributed by atoms with E-state index in [0.717, 1.165) is 47.3 Å². The van der Waals surface area contributed by atoms with Gasteiger partial charge in [0.05, 0.1) is 92.3 Å². The molecule has 36 heteroatoms. The van der Waals surface area contributed by atoms with E-state index in [4.69, 9.17) is 52.6 Å². The van der Waals surface area contributed by atoms with Gasteiger partial charge in [0.2, 0.25) is 0 Å². The lowest BCUT2D eigenvalue weighted by Gasteiger charge is -2.17. The van der Waals surface area contributed by atoms with Crippen molar-refractivity contribution in [3.8, 4) is 0 Å². The molecule has 6 heterocycles. The molecule has 6 aliphatic rings. The zero-order valence-corrected chi connectivity index (χ0v) is 60.4. The maximum Gasteiger partial charge on any atom is 0.191 e. The van der Waals surface area contributed by atoms with Crippen LogP contribution in [-0.2, 0) is 14.2 Å². The Kier molecular flexibility index (Phi) is 16.5. The average molecular weight is 1580 g/mol. The summed E-state index contributed by atoms with van der Waals surface area (Å²) in [6.07, 6.45) is -33.7. The van der Waals surface area contributed by atoms with E-state index in [0.29, 0.717) is 22.4 Å². The van der Waals surface area contributed by atoms with E-state index >= 15 is 0 Å².